The Bertz CT molecular complexity index is 1720. The number of hydrogen-bond acceptors (Lipinski definition) is 6. The van der Waals surface area contributed by atoms with E-state index in [-0.39, 0.29) is 16.6 Å². The summed E-state index contributed by atoms with van der Waals surface area (Å²) in [6.45, 7) is 0. The molecular weight excluding hydrogens is 514 g/mol. The van der Waals surface area contributed by atoms with Gasteiger partial charge in [-0.1, -0.05) is 0 Å². The highest BCUT2D eigenvalue weighted by Gasteiger charge is 2.27. The van der Waals surface area contributed by atoms with Crippen LogP contribution in [0.15, 0.2) is 64.9 Å². The highest BCUT2D eigenvalue weighted by atomic mass is 32.2. The first-order valence-corrected chi connectivity index (χ1v) is 11.9. The molecule has 37 heavy (non-hydrogen) atoms. The van der Waals surface area contributed by atoms with Crippen LogP contribution in [-0.2, 0) is 10.0 Å². The molecule has 0 saturated carbocycles. The maximum absolute atomic E-state index is 15.3. The second-order valence-electron chi connectivity index (χ2n) is 7.63. The van der Waals surface area contributed by atoms with Crippen LogP contribution in [0.3, 0.4) is 0 Å². The van der Waals surface area contributed by atoms with Gasteiger partial charge in [0, 0.05) is 53.9 Å². The Hall–Kier alpha value is -4.52. The van der Waals surface area contributed by atoms with Crippen LogP contribution in [0.25, 0.3) is 16.6 Å². The Morgan fingerprint density at radius 3 is 2.54 bits per heavy atom. The fourth-order valence-electron chi connectivity index (χ4n) is 3.56. The van der Waals surface area contributed by atoms with Crippen molar-refractivity contribution in [3.63, 3.8) is 0 Å². The van der Waals surface area contributed by atoms with E-state index in [1.807, 2.05) is 0 Å². The third-order valence-corrected chi connectivity index (χ3v) is 6.68. The van der Waals surface area contributed by atoms with Crippen molar-refractivity contribution in [1.29, 1.82) is 0 Å². The second kappa shape index (κ2) is 9.85. The number of hydrogen-bond donors (Lipinski definition) is 3. The number of nitrogens with one attached hydrogen (secondary N) is 2. The smallest absolute Gasteiger partial charge is 0.265 e. The van der Waals surface area contributed by atoms with Crippen LogP contribution in [-0.4, -0.2) is 37.4 Å². The number of aromatic amines is 1. The van der Waals surface area contributed by atoms with E-state index < -0.39 is 55.2 Å². The average Bonchev–Trinajstić information content (AvgIpc) is 3.29. The Morgan fingerprint density at radius 1 is 1.11 bits per heavy atom. The predicted octanol–water partition coefficient (Wildman–Crippen LogP) is 4.15. The van der Waals surface area contributed by atoms with E-state index in [9.17, 15) is 26.4 Å². The summed E-state index contributed by atoms with van der Waals surface area (Å²) in [5.74, 6) is -6.30. The van der Waals surface area contributed by atoms with Crippen molar-refractivity contribution in [2.24, 2.45) is 10.7 Å². The number of aliphatic imine (C=N–C) groups is 1. The maximum Gasteiger partial charge on any atom is 0.265 e. The summed E-state index contributed by atoms with van der Waals surface area (Å²) in [6.07, 6.45) is 5.37. The van der Waals surface area contributed by atoms with Crippen molar-refractivity contribution < 1.29 is 30.8 Å². The number of sulfonamides is 1. The van der Waals surface area contributed by atoms with Crippen LogP contribution in [0.2, 0.25) is 0 Å². The Kier molecular flexibility index (Phi) is 6.81. The van der Waals surface area contributed by atoms with Crippen LogP contribution < -0.4 is 10.5 Å². The molecule has 0 amide bonds. The van der Waals surface area contributed by atoms with Crippen LogP contribution in [0.4, 0.5) is 23.2 Å². The molecule has 0 atom stereocenters. The van der Waals surface area contributed by atoms with E-state index >= 15 is 4.39 Å². The fourth-order valence-corrected chi connectivity index (χ4v) is 4.71. The fraction of sp³-hybridized carbons (Fsp3) is 0.0417. The van der Waals surface area contributed by atoms with E-state index in [2.05, 4.69) is 15.0 Å². The van der Waals surface area contributed by atoms with E-state index in [4.69, 9.17) is 5.73 Å². The quantitative estimate of drug-likeness (QED) is 0.187. The summed E-state index contributed by atoms with van der Waals surface area (Å²) in [6, 6.07) is 4.58. The average molecular weight is 531 g/mol. The van der Waals surface area contributed by atoms with Gasteiger partial charge in [-0.3, -0.25) is 14.5 Å². The summed E-state index contributed by atoms with van der Waals surface area (Å²) in [4.78, 5) is 22.9. The molecule has 2 heterocycles. The molecule has 0 radical (unpaired) electrons. The lowest BCUT2D eigenvalue weighted by Gasteiger charge is -2.12. The number of halogens is 4. The molecule has 2 aromatic heterocycles. The molecule has 0 aliphatic heterocycles. The number of H-pyrrole nitrogens is 1. The Morgan fingerprint density at radius 2 is 1.84 bits per heavy atom. The number of allylic oxidation sites excluding steroid dienone is 1. The second-order valence-corrected chi connectivity index (χ2v) is 9.28. The van der Waals surface area contributed by atoms with Crippen molar-refractivity contribution in [2.75, 3.05) is 11.8 Å². The molecular formula is C24H17F4N5O3S. The lowest BCUT2D eigenvalue weighted by molar-refractivity contribution is 0.103. The minimum atomic E-state index is -4.84. The summed E-state index contributed by atoms with van der Waals surface area (Å²) >= 11 is 0. The van der Waals surface area contributed by atoms with Crippen molar-refractivity contribution >= 4 is 44.3 Å². The van der Waals surface area contributed by atoms with Crippen molar-refractivity contribution in [3.8, 4) is 0 Å². The third-order valence-electron chi connectivity index (χ3n) is 5.30. The maximum atomic E-state index is 15.3. The molecule has 0 saturated heterocycles. The lowest BCUT2D eigenvalue weighted by atomic mass is 10.00. The van der Waals surface area contributed by atoms with Gasteiger partial charge in [0.25, 0.3) is 10.0 Å². The zero-order chi connectivity index (χ0) is 26.9. The van der Waals surface area contributed by atoms with Crippen LogP contribution in [0, 0.1) is 23.3 Å². The van der Waals surface area contributed by atoms with Gasteiger partial charge in [-0.05, 0) is 36.4 Å². The Labute approximate surface area is 207 Å². The van der Waals surface area contributed by atoms with Crippen LogP contribution in [0.1, 0.15) is 21.5 Å². The molecule has 190 valence electrons. The molecule has 0 spiro atoms. The van der Waals surface area contributed by atoms with Crippen molar-refractivity contribution in [2.45, 2.75) is 4.90 Å². The zero-order valence-electron chi connectivity index (χ0n) is 18.9. The van der Waals surface area contributed by atoms with Crippen molar-refractivity contribution in [1.82, 2.24) is 9.97 Å². The highest BCUT2D eigenvalue weighted by molar-refractivity contribution is 7.92. The van der Waals surface area contributed by atoms with Gasteiger partial charge in [-0.2, -0.15) is 0 Å². The van der Waals surface area contributed by atoms with Gasteiger partial charge < -0.3 is 10.7 Å². The number of benzene rings is 2. The van der Waals surface area contributed by atoms with Gasteiger partial charge in [0.05, 0.1) is 11.3 Å². The van der Waals surface area contributed by atoms with Crippen LogP contribution in [0.5, 0.6) is 0 Å². The topological polar surface area (TPSA) is 130 Å². The first-order valence-electron chi connectivity index (χ1n) is 10.4. The number of aromatic nitrogens is 2. The number of rotatable bonds is 7. The summed E-state index contributed by atoms with van der Waals surface area (Å²) < 4.78 is 84.4. The number of pyridine rings is 1. The number of carbonyl (C=O) groups excluding carboxylic acids is 1. The lowest BCUT2D eigenvalue weighted by Crippen LogP contribution is -2.17. The minimum Gasteiger partial charge on any atom is -0.404 e. The SMILES string of the molecule is CN=C/C(=C\N)c1cnc2[nH]cc(C(=O)c3c(F)ccc(NS(=O)(=O)c4cc(F)ccc4F)c3F)c2c1. The number of anilines is 1. The van der Waals surface area contributed by atoms with E-state index in [1.54, 1.807) is 4.72 Å². The molecule has 13 heteroatoms. The molecule has 4 N–H and O–H groups in total. The summed E-state index contributed by atoms with van der Waals surface area (Å²) in [5, 5.41) is 0.206. The molecule has 4 rings (SSSR count). The number of nitrogens with two attached hydrogens (primary N) is 1. The molecule has 0 fully saturated rings. The van der Waals surface area contributed by atoms with Gasteiger partial charge in [0.15, 0.2) is 5.82 Å². The minimum absolute atomic E-state index is 0.164. The molecule has 4 aromatic rings. The summed E-state index contributed by atoms with van der Waals surface area (Å²) in [5.41, 5.74) is 4.69. The molecule has 0 aliphatic rings. The van der Waals surface area contributed by atoms with Crippen LogP contribution >= 0.6 is 0 Å². The first kappa shape index (κ1) is 25.6. The number of ketones is 1. The largest absolute Gasteiger partial charge is 0.404 e. The Balaban J connectivity index is 1.78. The van der Waals surface area contributed by atoms with E-state index in [1.165, 1.54) is 37.9 Å². The molecule has 0 aliphatic carbocycles. The molecule has 0 bridgehead atoms. The summed E-state index contributed by atoms with van der Waals surface area (Å²) in [7, 11) is -3.32. The number of fused-ring (bicyclic) bond motifs is 1. The number of carbonyl (C=O) groups is 1. The normalized spacial score (nSPS) is 12.4. The number of nitrogens with zero attached hydrogens (tertiary/aromatic N) is 2. The first-order chi connectivity index (χ1) is 17.6. The molecule has 2 aromatic carbocycles. The standard InChI is InChI=1S/C24H17F4N5O3S/c1-30-9-13(8-29)12-6-15-16(11-32-24(15)31-10-12)23(34)21-18(27)4-5-19(22(21)28)33-37(35,36)20-7-14(25)2-3-17(20)26/h2-11,33H,29H2,1H3,(H,31,32)/b13-8+,30-9?. The van der Waals surface area contributed by atoms with Gasteiger partial charge in [-0.25, -0.2) is 31.0 Å². The zero-order valence-corrected chi connectivity index (χ0v) is 19.7. The highest BCUT2D eigenvalue weighted by Crippen LogP contribution is 2.29. The molecule has 8 nitrogen and oxygen atoms in total. The van der Waals surface area contributed by atoms with E-state index in [0.717, 1.165) is 0 Å². The monoisotopic (exact) mass is 531 g/mol. The molecule has 0 unspecified atom stereocenters. The van der Waals surface area contributed by atoms with Gasteiger partial charge in [0.2, 0.25) is 5.78 Å². The predicted molar refractivity (Wildman–Crippen MR) is 130 cm³/mol. The van der Waals surface area contributed by atoms with Gasteiger partial charge >= 0.3 is 0 Å². The van der Waals surface area contributed by atoms with Crippen molar-refractivity contribution in [3.05, 3.63) is 95.0 Å². The van der Waals surface area contributed by atoms with Gasteiger partial charge in [0.1, 0.15) is 28.0 Å². The van der Waals surface area contributed by atoms with Gasteiger partial charge in [-0.15, -0.1) is 0 Å². The van der Waals surface area contributed by atoms with E-state index in [0.29, 0.717) is 41.5 Å². The third kappa shape index (κ3) is 4.80.